The Bertz CT molecular complexity index is 609. The van der Waals surface area contributed by atoms with E-state index in [9.17, 15) is 4.79 Å². The molecule has 0 atom stereocenters. The summed E-state index contributed by atoms with van der Waals surface area (Å²) >= 11 is 1.40. The highest BCUT2D eigenvalue weighted by atomic mass is 32.2. The van der Waals surface area contributed by atoms with E-state index < -0.39 is 0 Å². The maximum atomic E-state index is 12.1. The lowest BCUT2D eigenvalue weighted by atomic mass is 10.1. The lowest BCUT2D eigenvalue weighted by Gasteiger charge is -2.11. The van der Waals surface area contributed by atoms with Crippen LogP contribution in [0.5, 0.6) is 0 Å². The van der Waals surface area contributed by atoms with Crippen LogP contribution in [-0.4, -0.2) is 26.4 Å². The Hall–Kier alpha value is -1.82. The largest absolute Gasteiger partial charge is 0.325 e. The second-order valence-corrected chi connectivity index (χ2v) is 5.90. The van der Waals surface area contributed by atoms with Gasteiger partial charge in [-0.25, -0.2) is 0 Å². The van der Waals surface area contributed by atoms with Crippen molar-refractivity contribution in [3.8, 4) is 0 Å². The predicted octanol–water partition coefficient (Wildman–Crippen LogP) is 3.15. The third-order valence-electron chi connectivity index (χ3n) is 3.10. The molecular formula is C15H20N4OS. The zero-order valence-electron chi connectivity index (χ0n) is 12.5. The van der Waals surface area contributed by atoms with Crippen LogP contribution in [0.15, 0.2) is 35.7 Å². The van der Waals surface area contributed by atoms with E-state index in [1.54, 1.807) is 6.33 Å². The van der Waals surface area contributed by atoms with Gasteiger partial charge in [-0.2, -0.15) is 0 Å². The molecule has 2 rings (SSSR count). The average molecular weight is 304 g/mol. The van der Waals surface area contributed by atoms with Crippen LogP contribution in [0, 0.1) is 0 Å². The van der Waals surface area contributed by atoms with Gasteiger partial charge < -0.3 is 9.88 Å². The summed E-state index contributed by atoms with van der Waals surface area (Å²) in [5, 5.41) is 11.7. The van der Waals surface area contributed by atoms with Crippen LogP contribution < -0.4 is 5.32 Å². The van der Waals surface area contributed by atoms with Gasteiger partial charge in [-0.3, -0.25) is 4.79 Å². The number of aryl methyl sites for hydroxylation is 1. The Labute approximate surface area is 129 Å². The van der Waals surface area contributed by atoms with Gasteiger partial charge in [0.15, 0.2) is 5.16 Å². The smallest absolute Gasteiger partial charge is 0.234 e. The molecular weight excluding hydrogens is 284 g/mol. The standard InChI is InChI=1S/C15H20N4OS/c1-4-12-7-5-6-8-13(12)17-14(20)9-21-15-18-16-10-19(15)11(2)3/h5-8,10-11H,4,9H2,1-3H3,(H,17,20). The Morgan fingerprint density at radius 2 is 2.14 bits per heavy atom. The van der Waals surface area contributed by atoms with E-state index in [2.05, 4.69) is 36.3 Å². The number of nitrogens with zero attached hydrogens (tertiary/aromatic N) is 3. The fraction of sp³-hybridized carbons (Fsp3) is 0.400. The second-order valence-electron chi connectivity index (χ2n) is 4.96. The fourth-order valence-electron chi connectivity index (χ4n) is 1.96. The molecule has 112 valence electrons. The molecule has 6 heteroatoms. The highest BCUT2D eigenvalue weighted by Gasteiger charge is 2.11. The van der Waals surface area contributed by atoms with E-state index >= 15 is 0 Å². The number of thioether (sulfide) groups is 1. The molecule has 21 heavy (non-hydrogen) atoms. The van der Waals surface area contributed by atoms with Crippen LogP contribution in [0.1, 0.15) is 32.4 Å². The SMILES string of the molecule is CCc1ccccc1NC(=O)CSc1nncn1C(C)C. The summed E-state index contributed by atoms with van der Waals surface area (Å²) in [6, 6.07) is 8.15. The number of nitrogens with one attached hydrogen (secondary N) is 1. The van der Waals surface area contributed by atoms with Crippen molar-refractivity contribution in [3.63, 3.8) is 0 Å². The number of hydrogen-bond donors (Lipinski definition) is 1. The van der Waals surface area contributed by atoms with Crippen molar-refractivity contribution in [3.05, 3.63) is 36.2 Å². The molecule has 1 aromatic heterocycles. The first-order valence-electron chi connectivity index (χ1n) is 7.01. The first-order valence-corrected chi connectivity index (χ1v) is 8.00. The van der Waals surface area contributed by atoms with E-state index in [4.69, 9.17) is 0 Å². The third-order valence-corrected chi connectivity index (χ3v) is 4.06. The van der Waals surface area contributed by atoms with Crippen molar-refractivity contribution in [2.75, 3.05) is 11.1 Å². The number of rotatable bonds is 6. The summed E-state index contributed by atoms with van der Waals surface area (Å²) in [6.07, 6.45) is 2.59. The molecule has 0 bridgehead atoms. The van der Waals surface area contributed by atoms with Crippen LogP contribution in [0.25, 0.3) is 0 Å². The first-order chi connectivity index (χ1) is 10.1. The van der Waals surface area contributed by atoms with Gasteiger partial charge in [0.05, 0.1) is 5.75 Å². The maximum absolute atomic E-state index is 12.1. The zero-order chi connectivity index (χ0) is 15.2. The van der Waals surface area contributed by atoms with Crippen LogP contribution in [0.2, 0.25) is 0 Å². The molecule has 1 heterocycles. The molecule has 0 saturated heterocycles. The number of benzene rings is 1. The molecule has 1 aromatic carbocycles. The van der Waals surface area contributed by atoms with E-state index in [1.807, 2.05) is 28.8 Å². The Morgan fingerprint density at radius 3 is 2.86 bits per heavy atom. The van der Waals surface area contributed by atoms with Crippen molar-refractivity contribution < 1.29 is 4.79 Å². The van der Waals surface area contributed by atoms with Gasteiger partial charge in [-0.05, 0) is 31.9 Å². The molecule has 5 nitrogen and oxygen atoms in total. The van der Waals surface area contributed by atoms with Crippen molar-refractivity contribution in [2.45, 2.75) is 38.4 Å². The minimum absolute atomic E-state index is 0.0285. The number of para-hydroxylation sites is 1. The van der Waals surface area contributed by atoms with Gasteiger partial charge in [-0.1, -0.05) is 36.9 Å². The van der Waals surface area contributed by atoms with Crippen LogP contribution in [0.4, 0.5) is 5.69 Å². The molecule has 1 amide bonds. The molecule has 0 aliphatic rings. The third kappa shape index (κ3) is 4.07. The van der Waals surface area contributed by atoms with Crippen molar-refractivity contribution in [1.82, 2.24) is 14.8 Å². The number of carbonyl (C=O) groups excluding carboxylic acids is 1. The summed E-state index contributed by atoms with van der Waals surface area (Å²) in [5.41, 5.74) is 2.03. The lowest BCUT2D eigenvalue weighted by Crippen LogP contribution is -2.15. The minimum Gasteiger partial charge on any atom is -0.325 e. The summed E-state index contributed by atoms with van der Waals surface area (Å²) in [4.78, 5) is 12.1. The summed E-state index contributed by atoms with van der Waals surface area (Å²) in [6.45, 7) is 6.20. The average Bonchev–Trinajstić information content (AvgIpc) is 2.94. The maximum Gasteiger partial charge on any atom is 0.234 e. The molecule has 2 aromatic rings. The van der Waals surface area contributed by atoms with E-state index in [0.29, 0.717) is 5.75 Å². The second kappa shape index (κ2) is 7.26. The van der Waals surface area contributed by atoms with E-state index in [1.165, 1.54) is 11.8 Å². The Kier molecular flexibility index (Phi) is 5.38. The summed E-state index contributed by atoms with van der Waals surface area (Å²) < 4.78 is 1.96. The van der Waals surface area contributed by atoms with Gasteiger partial charge >= 0.3 is 0 Å². The number of carbonyl (C=O) groups is 1. The van der Waals surface area contributed by atoms with Crippen molar-refractivity contribution in [2.24, 2.45) is 0 Å². The van der Waals surface area contributed by atoms with Gasteiger partial charge in [0.2, 0.25) is 5.91 Å². The highest BCUT2D eigenvalue weighted by molar-refractivity contribution is 7.99. The van der Waals surface area contributed by atoms with Crippen LogP contribution in [0.3, 0.4) is 0 Å². The molecule has 0 spiro atoms. The van der Waals surface area contributed by atoms with Gasteiger partial charge in [0.1, 0.15) is 6.33 Å². The minimum atomic E-state index is -0.0285. The molecule has 1 N–H and O–H groups in total. The molecule has 0 unspecified atom stereocenters. The van der Waals surface area contributed by atoms with Gasteiger partial charge in [0.25, 0.3) is 0 Å². The first kappa shape index (κ1) is 15.6. The quantitative estimate of drug-likeness (QED) is 0.833. The van der Waals surface area contributed by atoms with E-state index in [0.717, 1.165) is 22.8 Å². The summed E-state index contributed by atoms with van der Waals surface area (Å²) in [7, 11) is 0. The number of anilines is 1. The van der Waals surface area contributed by atoms with Gasteiger partial charge in [0, 0.05) is 11.7 Å². The Morgan fingerprint density at radius 1 is 1.38 bits per heavy atom. The normalized spacial score (nSPS) is 10.9. The lowest BCUT2D eigenvalue weighted by molar-refractivity contribution is -0.113. The fourth-order valence-corrected chi connectivity index (χ4v) is 2.80. The molecule has 0 fully saturated rings. The topological polar surface area (TPSA) is 59.8 Å². The van der Waals surface area contributed by atoms with Crippen molar-refractivity contribution in [1.29, 1.82) is 0 Å². The van der Waals surface area contributed by atoms with Crippen LogP contribution >= 0.6 is 11.8 Å². The molecule has 0 saturated carbocycles. The Balaban J connectivity index is 1.95. The van der Waals surface area contributed by atoms with Crippen molar-refractivity contribution >= 4 is 23.4 Å². The number of aromatic nitrogens is 3. The van der Waals surface area contributed by atoms with Gasteiger partial charge in [-0.15, -0.1) is 10.2 Å². The van der Waals surface area contributed by atoms with Crippen LogP contribution in [-0.2, 0) is 11.2 Å². The summed E-state index contributed by atoms with van der Waals surface area (Å²) in [5.74, 6) is 0.294. The monoisotopic (exact) mass is 304 g/mol. The predicted molar refractivity (Wildman–Crippen MR) is 85.6 cm³/mol. The molecule has 0 radical (unpaired) electrons. The molecule has 0 aliphatic heterocycles. The zero-order valence-corrected chi connectivity index (χ0v) is 13.4. The number of amides is 1. The number of hydrogen-bond acceptors (Lipinski definition) is 4. The molecule has 0 aliphatic carbocycles. The highest BCUT2D eigenvalue weighted by Crippen LogP contribution is 2.20. The van der Waals surface area contributed by atoms with E-state index in [-0.39, 0.29) is 11.9 Å².